The normalized spacial score (nSPS) is 22.9. The fourth-order valence-corrected chi connectivity index (χ4v) is 4.31. The minimum absolute atomic E-state index is 0.0334. The third kappa shape index (κ3) is 5.36. The molecule has 158 valence electrons. The molecule has 1 N–H and O–H groups in total. The van der Waals surface area contributed by atoms with E-state index in [4.69, 9.17) is 0 Å². The Bertz CT molecular complexity index is 723. The zero-order valence-electron chi connectivity index (χ0n) is 17.0. The van der Waals surface area contributed by atoms with Crippen LogP contribution in [0.5, 0.6) is 0 Å². The molecule has 8 heteroatoms. The van der Waals surface area contributed by atoms with E-state index in [1.54, 1.807) is 12.5 Å². The number of hydrogen-bond donors (Lipinski definition) is 1. The molecule has 1 saturated carbocycles. The first-order valence-electron chi connectivity index (χ1n) is 10.9. The minimum atomic E-state index is -0.203. The van der Waals surface area contributed by atoms with E-state index in [9.17, 15) is 14.4 Å². The highest BCUT2D eigenvalue weighted by molar-refractivity contribution is 5.89. The summed E-state index contributed by atoms with van der Waals surface area (Å²) in [5, 5.41) is 3.00. The number of carbonyl (C=O) groups excluding carboxylic acids is 3. The highest BCUT2D eigenvalue weighted by atomic mass is 16.2. The van der Waals surface area contributed by atoms with Crippen LogP contribution < -0.4 is 5.32 Å². The molecule has 3 amide bonds. The number of likely N-dealkylation sites (tertiary alicyclic amines) is 2. The predicted octanol–water partition coefficient (Wildman–Crippen LogP) is 0.887. The molecule has 3 aliphatic rings. The highest BCUT2D eigenvalue weighted by Gasteiger charge is 2.36. The molecule has 2 aliphatic heterocycles. The number of rotatable bonds is 8. The van der Waals surface area contributed by atoms with Crippen LogP contribution in [0.1, 0.15) is 38.5 Å². The molecule has 1 atom stereocenters. The van der Waals surface area contributed by atoms with Gasteiger partial charge >= 0.3 is 0 Å². The van der Waals surface area contributed by atoms with Crippen molar-refractivity contribution in [3.8, 4) is 0 Å². The zero-order chi connectivity index (χ0) is 20.2. The Morgan fingerprint density at radius 1 is 1.14 bits per heavy atom. The second-order valence-electron chi connectivity index (χ2n) is 8.76. The van der Waals surface area contributed by atoms with Crippen molar-refractivity contribution in [3.63, 3.8) is 0 Å². The van der Waals surface area contributed by atoms with Crippen LogP contribution in [-0.4, -0.2) is 69.8 Å². The van der Waals surface area contributed by atoms with Crippen LogP contribution in [0.2, 0.25) is 0 Å². The Morgan fingerprint density at radius 2 is 1.93 bits per heavy atom. The summed E-state index contributed by atoms with van der Waals surface area (Å²) in [6.07, 6.45) is 10.4. The topological polar surface area (TPSA) is 87.5 Å². The lowest BCUT2D eigenvalue weighted by Gasteiger charge is -2.34. The van der Waals surface area contributed by atoms with Crippen molar-refractivity contribution in [3.05, 3.63) is 18.7 Å². The van der Waals surface area contributed by atoms with Gasteiger partial charge in [-0.25, -0.2) is 4.98 Å². The summed E-state index contributed by atoms with van der Waals surface area (Å²) in [4.78, 5) is 44.9. The average Bonchev–Trinajstić information content (AvgIpc) is 3.27. The van der Waals surface area contributed by atoms with Crippen LogP contribution in [-0.2, 0) is 20.9 Å². The van der Waals surface area contributed by atoms with Gasteiger partial charge in [-0.3, -0.25) is 14.4 Å². The summed E-state index contributed by atoms with van der Waals surface area (Å²) >= 11 is 0. The fraction of sp³-hybridized carbons (Fsp3) is 0.714. The van der Waals surface area contributed by atoms with E-state index >= 15 is 0 Å². The smallest absolute Gasteiger partial charge is 0.225 e. The van der Waals surface area contributed by atoms with Gasteiger partial charge < -0.3 is 19.7 Å². The highest BCUT2D eigenvalue weighted by Crippen LogP contribution is 2.28. The zero-order valence-corrected chi connectivity index (χ0v) is 17.0. The number of aryl methyl sites for hydroxylation is 1. The van der Waals surface area contributed by atoms with E-state index in [-0.39, 0.29) is 23.6 Å². The molecule has 1 unspecified atom stereocenters. The lowest BCUT2D eigenvalue weighted by molar-refractivity contribution is -0.134. The molecule has 3 fully saturated rings. The van der Waals surface area contributed by atoms with Gasteiger partial charge in [0.1, 0.15) is 0 Å². The molecule has 0 spiro atoms. The number of carbonyl (C=O) groups is 3. The number of aromatic nitrogens is 2. The fourth-order valence-electron chi connectivity index (χ4n) is 4.31. The van der Waals surface area contributed by atoms with Crippen molar-refractivity contribution >= 4 is 17.7 Å². The van der Waals surface area contributed by atoms with Gasteiger partial charge in [0.05, 0.1) is 12.2 Å². The molecule has 1 aromatic heterocycles. The van der Waals surface area contributed by atoms with Crippen molar-refractivity contribution in [1.82, 2.24) is 24.7 Å². The summed E-state index contributed by atoms with van der Waals surface area (Å²) in [6, 6.07) is 0. The Balaban J connectivity index is 1.16. The number of piperidine rings is 1. The standard InChI is InChI=1S/C21H31N5O3/c27-19(5-7-24-10-6-22-15-24)25-8-3-17(4-9-25)13-26-14-18(11-20(26)28)21(29)23-12-16-1-2-16/h6,10,15-18H,1-5,7-9,11-14H2,(H,23,29). The molecule has 8 nitrogen and oxygen atoms in total. The van der Waals surface area contributed by atoms with Crippen LogP contribution in [0.3, 0.4) is 0 Å². The van der Waals surface area contributed by atoms with E-state index < -0.39 is 0 Å². The van der Waals surface area contributed by atoms with Crippen molar-refractivity contribution in [1.29, 1.82) is 0 Å². The van der Waals surface area contributed by atoms with E-state index in [2.05, 4.69) is 10.3 Å². The summed E-state index contributed by atoms with van der Waals surface area (Å²) in [5.74, 6) is 1.17. The van der Waals surface area contributed by atoms with E-state index in [0.29, 0.717) is 44.3 Å². The molecule has 0 aromatic carbocycles. The molecule has 0 radical (unpaired) electrons. The van der Waals surface area contributed by atoms with E-state index in [1.165, 1.54) is 12.8 Å². The Morgan fingerprint density at radius 3 is 2.62 bits per heavy atom. The van der Waals surface area contributed by atoms with Crippen molar-refractivity contribution in [2.24, 2.45) is 17.8 Å². The number of amides is 3. The second-order valence-corrected chi connectivity index (χ2v) is 8.76. The minimum Gasteiger partial charge on any atom is -0.356 e. The summed E-state index contributed by atoms with van der Waals surface area (Å²) in [6.45, 7) is 4.17. The lowest BCUT2D eigenvalue weighted by Crippen LogP contribution is -2.42. The van der Waals surface area contributed by atoms with Gasteiger partial charge in [0.15, 0.2) is 0 Å². The van der Waals surface area contributed by atoms with Crippen LogP contribution in [0.25, 0.3) is 0 Å². The third-order valence-corrected chi connectivity index (χ3v) is 6.44. The predicted molar refractivity (Wildman–Crippen MR) is 107 cm³/mol. The quantitative estimate of drug-likeness (QED) is 0.701. The van der Waals surface area contributed by atoms with Gasteiger partial charge in [-0.2, -0.15) is 0 Å². The van der Waals surface area contributed by atoms with Gasteiger partial charge in [0, 0.05) is 64.5 Å². The first kappa shape index (κ1) is 19.9. The van der Waals surface area contributed by atoms with Gasteiger partial charge in [-0.05, 0) is 37.5 Å². The molecule has 0 bridgehead atoms. The number of hydrogen-bond acceptors (Lipinski definition) is 4. The van der Waals surface area contributed by atoms with E-state index in [0.717, 1.165) is 32.5 Å². The maximum atomic E-state index is 12.4. The molecule has 1 aromatic rings. The van der Waals surface area contributed by atoms with Crippen LogP contribution in [0.15, 0.2) is 18.7 Å². The average molecular weight is 402 g/mol. The number of imidazole rings is 1. The third-order valence-electron chi connectivity index (χ3n) is 6.44. The maximum absolute atomic E-state index is 12.4. The molecule has 2 saturated heterocycles. The summed E-state index contributed by atoms with van der Waals surface area (Å²) in [7, 11) is 0. The second kappa shape index (κ2) is 8.97. The largest absolute Gasteiger partial charge is 0.356 e. The molecule has 29 heavy (non-hydrogen) atoms. The molecule has 3 heterocycles. The Labute approximate surface area is 171 Å². The molecule has 1 aliphatic carbocycles. The first-order chi connectivity index (χ1) is 14.1. The SMILES string of the molecule is O=C(NCC1CC1)C1CC(=O)N(CC2CCN(C(=O)CCn3ccnc3)CC2)C1. The Kier molecular flexibility index (Phi) is 6.16. The maximum Gasteiger partial charge on any atom is 0.225 e. The number of nitrogens with one attached hydrogen (secondary N) is 1. The Hall–Kier alpha value is -2.38. The van der Waals surface area contributed by atoms with Crippen molar-refractivity contribution < 1.29 is 14.4 Å². The van der Waals surface area contributed by atoms with E-state index in [1.807, 2.05) is 20.6 Å². The summed E-state index contributed by atoms with van der Waals surface area (Å²) in [5.41, 5.74) is 0. The van der Waals surface area contributed by atoms with Crippen LogP contribution in [0.4, 0.5) is 0 Å². The van der Waals surface area contributed by atoms with Crippen molar-refractivity contribution in [2.45, 2.75) is 45.1 Å². The molecular formula is C21H31N5O3. The van der Waals surface area contributed by atoms with Gasteiger partial charge in [0.25, 0.3) is 0 Å². The lowest BCUT2D eigenvalue weighted by atomic mass is 9.96. The first-order valence-corrected chi connectivity index (χ1v) is 10.9. The van der Waals surface area contributed by atoms with Gasteiger partial charge in [-0.15, -0.1) is 0 Å². The van der Waals surface area contributed by atoms with Gasteiger partial charge in [0.2, 0.25) is 17.7 Å². The van der Waals surface area contributed by atoms with Gasteiger partial charge in [-0.1, -0.05) is 0 Å². The molecule has 4 rings (SSSR count). The molecular weight excluding hydrogens is 370 g/mol. The van der Waals surface area contributed by atoms with Crippen LogP contribution in [0, 0.1) is 17.8 Å². The number of nitrogens with zero attached hydrogens (tertiary/aromatic N) is 4. The van der Waals surface area contributed by atoms with Crippen LogP contribution >= 0.6 is 0 Å². The van der Waals surface area contributed by atoms with Crippen molar-refractivity contribution in [2.75, 3.05) is 32.7 Å². The monoisotopic (exact) mass is 401 g/mol. The summed E-state index contributed by atoms with van der Waals surface area (Å²) < 4.78 is 1.92.